The minimum absolute atomic E-state index is 0.00460. The van der Waals surface area contributed by atoms with Crippen molar-refractivity contribution in [3.63, 3.8) is 0 Å². The summed E-state index contributed by atoms with van der Waals surface area (Å²) in [4.78, 5) is 30.4. The molecule has 1 atom stereocenters. The molecule has 1 unspecified atom stereocenters. The van der Waals surface area contributed by atoms with E-state index < -0.39 is 0 Å². The topological polar surface area (TPSA) is 79.2 Å². The number of amides is 2. The number of carbonyl (C=O) groups is 1. The van der Waals surface area contributed by atoms with Gasteiger partial charge in [-0.25, -0.2) is 14.8 Å². The van der Waals surface area contributed by atoms with Crippen molar-refractivity contribution in [2.45, 2.75) is 76.9 Å². The predicted octanol–water partition coefficient (Wildman–Crippen LogP) is 4.42. The molecular formula is C24H35N7O. The first kappa shape index (κ1) is 21.2. The lowest BCUT2D eigenvalue weighted by Crippen LogP contribution is -2.38. The summed E-state index contributed by atoms with van der Waals surface area (Å²) in [5.41, 5.74) is 0.872. The van der Waals surface area contributed by atoms with Crippen LogP contribution in [0, 0.1) is 11.8 Å². The fourth-order valence-electron chi connectivity index (χ4n) is 5.19. The molecule has 32 heavy (non-hydrogen) atoms. The van der Waals surface area contributed by atoms with E-state index in [0.29, 0.717) is 30.3 Å². The van der Waals surface area contributed by atoms with Crippen molar-refractivity contribution in [3.8, 4) is 0 Å². The summed E-state index contributed by atoms with van der Waals surface area (Å²) in [6, 6.07) is 2.50. The lowest BCUT2D eigenvalue weighted by atomic mass is 9.87. The first-order valence-corrected chi connectivity index (χ1v) is 12.1. The van der Waals surface area contributed by atoms with E-state index in [-0.39, 0.29) is 17.6 Å². The van der Waals surface area contributed by atoms with Crippen molar-refractivity contribution >= 4 is 17.8 Å². The van der Waals surface area contributed by atoms with E-state index in [9.17, 15) is 4.79 Å². The van der Waals surface area contributed by atoms with Crippen LogP contribution in [0.25, 0.3) is 0 Å². The fraction of sp³-hybridized carbons (Fsp3) is 0.667. The van der Waals surface area contributed by atoms with Crippen molar-refractivity contribution in [1.82, 2.24) is 24.4 Å². The Morgan fingerprint density at radius 1 is 1.16 bits per heavy atom. The zero-order chi connectivity index (χ0) is 22.5. The van der Waals surface area contributed by atoms with Gasteiger partial charge in [0.05, 0.1) is 23.6 Å². The SMILES string of the molecule is CC1CCC(n2cnc(C3(Nc4nccc(N5C(=O)N(C)CC5C(C)C)n4)CC3)c2)CC1. The molecule has 1 N–H and O–H groups in total. The van der Waals surface area contributed by atoms with Gasteiger partial charge in [0.1, 0.15) is 5.82 Å². The van der Waals surface area contributed by atoms with E-state index >= 15 is 0 Å². The van der Waals surface area contributed by atoms with Crippen molar-refractivity contribution in [2.24, 2.45) is 11.8 Å². The lowest BCUT2D eigenvalue weighted by Gasteiger charge is -2.27. The van der Waals surface area contributed by atoms with Crippen LogP contribution in [0.15, 0.2) is 24.8 Å². The number of hydrogen-bond donors (Lipinski definition) is 1. The summed E-state index contributed by atoms with van der Waals surface area (Å²) in [7, 11) is 1.85. The third-order valence-electron chi connectivity index (χ3n) is 7.58. The fourth-order valence-corrected chi connectivity index (χ4v) is 5.19. The van der Waals surface area contributed by atoms with Crippen LogP contribution in [-0.4, -0.2) is 50.1 Å². The number of rotatable bonds is 6. The molecule has 2 saturated carbocycles. The van der Waals surface area contributed by atoms with Crippen molar-refractivity contribution < 1.29 is 4.79 Å². The number of nitrogens with one attached hydrogen (secondary N) is 1. The van der Waals surface area contributed by atoms with Crippen LogP contribution in [-0.2, 0) is 5.54 Å². The third-order valence-corrected chi connectivity index (χ3v) is 7.58. The number of nitrogens with zero attached hydrogens (tertiary/aromatic N) is 6. The van der Waals surface area contributed by atoms with Gasteiger partial charge in [-0.2, -0.15) is 4.98 Å². The van der Waals surface area contributed by atoms with Gasteiger partial charge in [0.2, 0.25) is 5.95 Å². The Kier molecular flexibility index (Phi) is 5.34. The zero-order valence-electron chi connectivity index (χ0n) is 19.7. The number of anilines is 2. The molecule has 2 amide bonds. The normalized spacial score (nSPS) is 27.3. The Morgan fingerprint density at radius 2 is 1.91 bits per heavy atom. The van der Waals surface area contributed by atoms with Crippen LogP contribution in [0.3, 0.4) is 0 Å². The van der Waals surface area contributed by atoms with Gasteiger partial charge in [-0.05, 0) is 56.4 Å². The van der Waals surface area contributed by atoms with E-state index in [4.69, 9.17) is 9.97 Å². The molecule has 8 heteroatoms. The van der Waals surface area contributed by atoms with Gasteiger partial charge in [-0.1, -0.05) is 20.8 Å². The lowest BCUT2D eigenvalue weighted by molar-refractivity contribution is 0.229. The van der Waals surface area contributed by atoms with Crippen molar-refractivity contribution in [3.05, 3.63) is 30.5 Å². The second-order valence-corrected chi connectivity index (χ2v) is 10.4. The number of carbonyl (C=O) groups excluding carboxylic acids is 1. The number of hydrogen-bond acceptors (Lipinski definition) is 5. The highest BCUT2D eigenvalue weighted by atomic mass is 16.2. The molecule has 3 fully saturated rings. The highest BCUT2D eigenvalue weighted by Gasteiger charge is 2.47. The Morgan fingerprint density at radius 3 is 2.59 bits per heavy atom. The molecule has 0 spiro atoms. The van der Waals surface area contributed by atoms with Gasteiger partial charge < -0.3 is 14.8 Å². The molecule has 8 nitrogen and oxygen atoms in total. The number of aromatic nitrogens is 4. The quantitative estimate of drug-likeness (QED) is 0.724. The van der Waals surface area contributed by atoms with Gasteiger partial charge >= 0.3 is 6.03 Å². The number of imidazole rings is 1. The van der Waals surface area contributed by atoms with Gasteiger partial charge in [-0.3, -0.25) is 4.90 Å². The molecular weight excluding hydrogens is 402 g/mol. The second kappa shape index (κ2) is 8.05. The molecule has 5 rings (SSSR count). The second-order valence-electron chi connectivity index (χ2n) is 10.4. The monoisotopic (exact) mass is 437 g/mol. The Hall–Kier alpha value is -2.64. The molecule has 2 aliphatic carbocycles. The first-order chi connectivity index (χ1) is 15.4. The molecule has 3 heterocycles. The third kappa shape index (κ3) is 3.84. The van der Waals surface area contributed by atoms with Crippen molar-refractivity contribution in [2.75, 3.05) is 23.8 Å². The molecule has 3 aliphatic rings. The largest absolute Gasteiger partial charge is 0.343 e. The Labute approximate surface area is 190 Å². The molecule has 0 radical (unpaired) electrons. The van der Waals surface area contributed by atoms with Gasteiger partial charge in [-0.15, -0.1) is 0 Å². The summed E-state index contributed by atoms with van der Waals surface area (Å²) >= 11 is 0. The summed E-state index contributed by atoms with van der Waals surface area (Å²) in [6.07, 6.45) is 13.0. The van der Waals surface area contributed by atoms with E-state index in [0.717, 1.165) is 24.5 Å². The summed E-state index contributed by atoms with van der Waals surface area (Å²) < 4.78 is 2.31. The number of likely N-dealkylation sites (N-methyl/N-ethyl adjacent to an activating group) is 1. The van der Waals surface area contributed by atoms with Crippen LogP contribution >= 0.6 is 0 Å². The van der Waals surface area contributed by atoms with Gasteiger partial charge in [0.15, 0.2) is 0 Å². The van der Waals surface area contributed by atoms with E-state index in [1.54, 1.807) is 11.1 Å². The Bertz CT molecular complexity index is 974. The molecule has 0 aromatic carbocycles. The molecule has 2 aromatic heterocycles. The van der Waals surface area contributed by atoms with E-state index in [2.05, 4.69) is 41.8 Å². The minimum Gasteiger partial charge on any atom is -0.343 e. The molecule has 1 aliphatic heterocycles. The van der Waals surface area contributed by atoms with E-state index in [1.807, 2.05) is 24.3 Å². The molecule has 1 saturated heterocycles. The van der Waals surface area contributed by atoms with Crippen LogP contribution in [0.1, 0.15) is 71.0 Å². The highest BCUT2D eigenvalue weighted by Crippen LogP contribution is 2.47. The van der Waals surface area contributed by atoms with Gasteiger partial charge in [0, 0.05) is 32.0 Å². The molecule has 0 bridgehead atoms. The molecule has 172 valence electrons. The first-order valence-electron chi connectivity index (χ1n) is 12.1. The van der Waals surface area contributed by atoms with Crippen LogP contribution < -0.4 is 10.2 Å². The zero-order valence-corrected chi connectivity index (χ0v) is 19.7. The standard InChI is InChI=1S/C24H35N7O/c1-16(2)19-13-29(4)23(32)31(19)21-9-12-25-22(27-21)28-24(10-11-24)20-14-30(15-26-20)18-7-5-17(3)6-8-18/h9,12,14-19H,5-8,10-11,13H2,1-4H3,(H,25,27,28). The van der Waals surface area contributed by atoms with Crippen molar-refractivity contribution in [1.29, 1.82) is 0 Å². The number of urea groups is 1. The summed E-state index contributed by atoms with van der Waals surface area (Å²) in [6.45, 7) is 7.36. The maximum absolute atomic E-state index is 12.8. The average Bonchev–Trinajstić information content (AvgIpc) is 3.25. The van der Waals surface area contributed by atoms with Crippen LogP contribution in [0.5, 0.6) is 0 Å². The minimum atomic E-state index is -0.199. The summed E-state index contributed by atoms with van der Waals surface area (Å²) in [5, 5.41) is 3.55. The smallest absolute Gasteiger partial charge is 0.325 e. The van der Waals surface area contributed by atoms with Gasteiger partial charge in [0.25, 0.3) is 0 Å². The van der Waals surface area contributed by atoms with E-state index in [1.165, 1.54) is 25.7 Å². The Balaban J connectivity index is 1.33. The maximum Gasteiger partial charge on any atom is 0.325 e. The van der Waals surface area contributed by atoms with Crippen LogP contribution in [0.4, 0.5) is 16.6 Å². The highest BCUT2D eigenvalue weighted by molar-refractivity contribution is 5.94. The molecule has 2 aromatic rings. The van der Waals surface area contributed by atoms with Crippen LogP contribution in [0.2, 0.25) is 0 Å². The summed E-state index contributed by atoms with van der Waals surface area (Å²) in [5.74, 6) is 2.41. The maximum atomic E-state index is 12.8. The average molecular weight is 438 g/mol. The predicted molar refractivity (Wildman–Crippen MR) is 125 cm³/mol.